The summed E-state index contributed by atoms with van der Waals surface area (Å²) < 4.78 is 0.938. The number of nitrogens with zero attached hydrogens (tertiary/aromatic N) is 4. The molecule has 2 heterocycles. The molecule has 3 rings (SSSR count). The molecule has 2 fully saturated rings. The van der Waals surface area contributed by atoms with Gasteiger partial charge in [-0.3, -0.25) is 0 Å². The van der Waals surface area contributed by atoms with Crippen molar-refractivity contribution in [3.63, 3.8) is 0 Å². The van der Waals surface area contributed by atoms with Gasteiger partial charge in [0.1, 0.15) is 0 Å². The Morgan fingerprint density at radius 1 is 1.37 bits per heavy atom. The summed E-state index contributed by atoms with van der Waals surface area (Å²) in [6.45, 7) is 3.53. The van der Waals surface area contributed by atoms with E-state index in [1.807, 2.05) is 6.20 Å². The van der Waals surface area contributed by atoms with E-state index < -0.39 is 0 Å². The number of rotatable bonds is 4. The Morgan fingerprint density at radius 3 is 2.79 bits per heavy atom. The summed E-state index contributed by atoms with van der Waals surface area (Å²) in [4.78, 5) is 4.95. The van der Waals surface area contributed by atoms with Crippen LogP contribution in [0, 0.1) is 5.92 Å². The van der Waals surface area contributed by atoms with E-state index in [2.05, 4.69) is 50.0 Å². The van der Waals surface area contributed by atoms with Gasteiger partial charge in [-0.05, 0) is 0 Å². The number of anilines is 1. The Kier molecular flexibility index (Phi) is 4.09. The van der Waals surface area contributed by atoms with Crippen LogP contribution in [0.25, 0.3) is 0 Å². The molecule has 1 aromatic heterocycles. The molecule has 1 aliphatic heterocycles. The van der Waals surface area contributed by atoms with Crippen LogP contribution >= 0.6 is 0 Å². The Morgan fingerprint density at radius 2 is 2.11 bits per heavy atom. The van der Waals surface area contributed by atoms with Crippen LogP contribution in [0.2, 0.25) is 0 Å². The van der Waals surface area contributed by atoms with Gasteiger partial charge in [-0.15, -0.1) is 0 Å². The van der Waals surface area contributed by atoms with E-state index in [1.54, 1.807) is 0 Å². The van der Waals surface area contributed by atoms with E-state index in [0.29, 0.717) is 6.04 Å². The standard InChI is InChI=1S/C14H21AsN4/c1-18(8-11-4-2-3-5-11)13-9-19(10-13)12-6-14(15)17-16-7-12/h6-7,11,13H,2-5,8-10H2,1H3. The molecular formula is C14H21AsN4. The molecule has 1 aromatic rings. The summed E-state index contributed by atoms with van der Waals surface area (Å²) >= 11 is 2.46. The molecular weight excluding hydrogens is 299 g/mol. The van der Waals surface area contributed by atoms with Gasteiger partial charge in [-0.2, -0.15) is 0 Å². The van der Waals surface area contributed by atoms with Gasteiger partial charge in [0.05, 0.1) is 0 Å². The van der Waals surface area contributed by atoms with Crippen LogP contribution in [-0.4, -0.2) is 64.7 Å². The molecule has 4 nitrogen and oxygen atoms in total. The summed E-state index contributed by atoms with van der Waals surface area (Å²) in [5.41, 5.74) is 1.20. The van der Waals surface area contributed by atoms with Crippen LogP contribution in [0.3, 0.4) is 0 Å². The molecule has 19 heavy (non-hydrogen) atoms. The molecule has 2 radical (unpaired) electrons. The number of aromatic nitrogens is 2. The number of likely N-dealkylation sites (N-methyl/N-ethyl adjacent to an activating group) is 1. The zero-order valence-corrected chi connectivity index (χ0v) is 13.4. The first-order chi connectivity index (χ1) is 9.22. The van der Waals surface area contributed by atoms with Crippen molar-refractivity contribution in [2.24, 2.45) is 5.92 Å². The van der Waals surface area contributed by atoms with E-state index in [4.69, 9.17) is 0 Å². The van der Waals surface area contributed by atoms with E-state index in [9.17, 15) is 0 Å². The Bertz CT molecular complexity index is 427. The molecule has 0 aromatic carbocycles. The molecule has 1 saturated heterocycles. The molecule has 0 unspecified atom stereocenters. The normalized spacial score (nSPS) is 21.1. The monoisotopic (exact) mass is 320 g/mol. The third kappa shape index (κ3) is 3.11. The number of hydrogen-bond donors (Lipinski definition) is 0. The molecule has 5 heteroatoms. The minimum atomic E-state index is 0.712. The van der Waals surface area contributed by atoms with Gasteiger partial charge < -0.3 is 0 Å². The Hall–Kier alpha value is -0.602. The fourth-order valence-corrected chi connectivity index (χ4v) is 3.60. The van der Waals surface area contributed by atoms with E-state index in [1.165, 1.54) is 37.9 Å². The van der Waals surface area contributed by atoms with E-state index in [-0.39, 0.29) is 0 Å². The first-order valence-electron chi connectivity index (χ1n) is 7.19. The minimum absolute atomic E-state index is 0.712. The van der Waals surface area contributed by atoms with Crippen molar-refractivity contribution in [2.45, 2.75) is 31.7 Å². The number of hydrogen-bond acceptors (Lipinski definition) is 4. The van der Waals surface area contributed by atoms with Crippen molar-refractivity contribution in [2.75, 3.05) is 31.6 Å². The topological polar surface area (TPSA) is 32.3 Å². The predicted molar refractivity (Wildman–Crippen MR) is 78.0 cm³/mol. The first kappa shape index (κ1) is 13.4. The third-order valence-electron chi connectivity index (χ3n) is 4.50. The third-order valence-corrected chi connectivity index (χ3v) is 4.96. The SMILES string of the molecule is CN(CC1CCCC1)C1CN(c2cnnc([As])c2)C1. The Balaban J connectivity index is 1.49. The van der Waals surface area contributed by atoms with Crippen LogP contribution in [0.4, 0.5) is 5.69 Å². The molecule has 0 atom stereocenters. The molecule has 1 aliphatic carbocycles. The van der Waals surface area contributed by atoms with Crippen LogP contribution < -0.4 is 9.38 Å². The van der Waals surface area contributed by atoms with E-state index >= 15 is 0 Å². The zero-order chi connectivity index (χ0) is 13.2. The van der Waals surface area contributed by atoms with Gasteiger partial charge in [0.25, 0.3) is 0 Å². The quantitative estimate of drug-likeness (QED) is 0.760. The summed E-state index contributed by atoms with van der Waals surface area (Å²) in [5, 5.41) is 8.01. The molecule has 0 amide bonds. The second kappa shape index (κ2) is 5.80. The van der Waals surface area contributed by atoms with Gasteiger partial charge in [0, 0.05) is 0 Å². The van der Waals surface area contributed by atoms with Crippen molar-refractivity contribution < 1.29 is 0 Å². The second-order valence-corrected chi connectivity index (χ2v) is 6.88. The van der Waals surface area contributed by atoms with Crippen LogP contribution in [0.15, 0.2) is 12.3 Å². The molecule has 2 aliphatic rings. The summed E-state index contributed by atoms with van der Waals surface area (Å²) in [6, 6.07) is 2.81. The molecule has 0 N–H and O–H groups in total. The fourth-order valence-electron chi connectivity index (χ4n) is 3.21. The van der Waals surface area contributed by atoms with Crippen LogP contribution in [0.1, 0.15) is 25.7 Å². The Labute approximate surface area is 124 Å². The summed E-state index contributed by atoms with van der Waals surface area (Å²) in [7, 11) is 2.28. The van der Waals surface area contributed by atoms with Gasteiger partial charge >= 0.3 is 124 Å². The maximum atomic E-state index is 4.02. The van der Waals surface area contributed by atoms with Crippen LogP contribution in [0.5, 0.6) is 0 Å². The molecule has 0 bridgehead atoms. The van der Waals surface area contributed by atoms with Crippen molar-refractivity contribution in [3.05, 3.63) is 12.3 Å². The van der Waals surface area contributed by atoms with Crippen molar-refractivity contribution in [3.8, 4) is 0 Å². The average molecular weight is 320 g/mol. The summed E-state index contributed by atoms with van der Waals surface area (Å²) in [5.74, 6) is 0.946. The zero-order valence-electron chi connectivity index (χ0n) is 11.5. The van der Waals surface area contributed by atoms with Crippen molar-refractivity contribution in [1.29, 1.82) is 0 Å². The molecule has 102 valence electrons. The van der Waals surface area contributed by atoms with Gasteiger partial charge in [0.2, 0.25) is 0 Å². The predicted octanol–water partition coefficient (Wildman–Crippen LogP) is 0.581. The first-order valence-corrected chi connectivity index (χ1v) is 8.13. The maximum absolute atomic E-state index is 4.02. The van der Waals surface area contributed by atoms with Gasteiger partial charge in [-0.25, -0.2) is 0 Å². The second-order valence-electron chi connectivity index (χ2n) is 5.92. The van der Waals surface area contributed by atoms with Gasteiger partial charge in [-0.1, -0.05) is 0 Å². The van der Waals surface area contributed by atoms with Crippen LogP contribution in [-0.2, 0) is 0 Å². The van der Waals surface area contributed by atoms with Crippen molar-refractivity contribution in [1.82, 2.24) is 15.1 Å². The summed E-state index contributed by atoms with van der Waals surface area (Å²) in [6.07, 6.45) is 7.62. The van der Waals surface area contributed by atoms with E-state index in [0.717, 1.165) is 23.5 Å². The molecule has 1 saturated carbocycles. The average Bonchev–Trinajstić information content (AvgIpc) is 2.80. The molecule has 0 spiro atoms. The van der Waals surface area contributed by atoms with Crippen molar-refractivity contribution >= 4 is 27.0 Å². The van der Waals surface area contributed by atoms with Gasteiger partial charge in [0.15, 0.2) is 0 Å². The fraction of sp³-hybridized carbons (Fsp3) is 0.714.